The molecule has 1 aliphatic rings. The van der Waals surface area contributed by atoms with Crippen molar-refractivity contribution in [3.63, 3.8) is 0 Å². The second-order valence-electron chi connectivity index (χ2n) is 6.75. The molecule has 0 saturated carbocycles. The molecule has 0 N–H and O–H groups in total. The number of likely N-dealkylation sites (tertiary alicyclic amines) is 1. The van der Waals surface area contributed by atoms with Gasteiger partial charge in [-0.25, -0.2) is 0 Å². The van der Waals surface area contributed by atoms with Gasteiger partial charge in [-0.2, -0.15) is 0 Å². The van der Waals surface area contributed by atoms with Crippen molar-refractivity contribution in [3.05, 3.63) is 53.6 Å². The normalized spacial score (nSPS) is 16.1. The first-order chi connectivity index (χ1) is 14.1. The summed E-state index contributed by atoms with van der Waals surface area (Å²) in [4.78, 5) is 14.8. The molecule has 1 aliphatic heterocycles. The number of carbonyl (C=O) groups excluding carboxylic acids is 1. The van der Waals surface area contributed by atoms with Crippen LogP contribution in [0.2, 0.25) is 0 Å². The Kier molecular flexibility index (Phi) is 6.65. The van der Waals surface area contributed by atoms with E-state index < -0.39 is 0 Å². The summed E-state index contributed by atoms with van der Waals surface area (Å²) in [5.41, 5.74) is 1.87. The van der Waals surface area contributed by atoms with Crippen LogP contribution >= 0.6 is 0 Å². The van der Waals surface area contributed by atoms with E-state index >= 15 is 0 Å². The minimum absolute atomic E-state index is 0.0183. The molecular weight excluding hydrogens is 370 g/mol. The standard InChI is InChI=1S/C23H27NO5/c1-26-18-10-7-16(21(15-18)28-3)9-12-23(25)24-13-5-6-19(24)17-8-11-20(27-2)22(14-17)29-4/h7-12,14-15,19H,5-6,13H2,1-4H3/b12-9+/t19-/m1/s1. The number of hydrogen-bond donors (Lipinski definition) is 0. The molecule has 1 atom stereocenters. The Morgan fingerprint density at radius 2 is 1.69 bits per heavy atom. The zero-order valence-electron chi connectivity index (χ0n) is 17.3. The molecule has 1 saturated heterocycles. The van der Waals surface area contributed by atoms with Crippen molar-refractivity contribution < 1.29 is 23.7 Å². The van der Waals surface area contributed by atoms with E-state index in [-0.39, 0.29) is 11.9 Å². The quantitative estimate of drug-likeness (QED) is 0.659. The molecule has 6 heteroatoms. The average Bonchev–Trinajstić information content (AvgIpc) is 3.26. The predicted molar refractivity (Wildman–Crippen MR) is 112 cm³/mol. The molecule has 2 aromatic rings. The van der Waals surface area contributed by atoms with E-state index in [2.05, 4.69) is 0 Å². The van der Waals surface area contributed by atoms with Crippen LogP contribution in [0.3, 0.4) is 0 Å². The van der Waals surface area contributed by atoms with Crippen molar-refractivity contribution in [2.24, 2.45) is 0 Å². The fraction of sp³-hybridized carbons (Fsp3) is 0.348. The molecule has 0 aliphatic carbocycles. The number of nitrogens with zero attached hydrogens (tertiary/aromatic N) is 1. The van der Waals surface area contributed by atoms with Crippen molar-refractivity contribution in [2.45, 2.75) is 18.9 Å². The minimum atomic E-state index is -0.0276. The molecule has 0 radical (unpaired) electrons. The maximum Gasteiger partial charge on any atom is 0.247 e. The highest BCUT2D eigenvalue weighted by Crippen LogP contribution is 2.37. The lowest BCUT2D eigenvalue weighted by Gasteiger charge is -2.24. The molecule has 0 unspecified atom stereocenters. The van der Waals surface area contributed by atoms with Gasteiger partial charge >= 0.3 is 0 Å². The van der Waals surface area contributed by atoms with Crippen LogP contribution in [0.1, 0.15) is 30.0 Å². The number of rotatable bonds is 7. The van der Waals surface area contributed by atoms with Gasteiger partial charge in [0.1, 0.15) is 11.5 Å². The van der Waals surface area contributed by atoms with E-state index in [1.54, 1.807) is 46.7 Å². The van der Waals surface area contributed by atoms with Crippen molar-refractivity contribution in [1.82, 2.24) is 4.90 Å². The van der Waals surface area contributed by atoms with Gasteiger partial charge in [-0.05, 0) is 48.7 Å². The Hall–Kier alpha value is -3.15. The van der Waals surface area contributed by atoms with Gasteiger partial charge in [-0.15, -0.1) is 0 Å². The zero-order valence-corrected chi connectivity index (χ0v) is 17.3. The highest BCUT2D eigenvalue weighted by atomic mass is 16.5. The molecule has 29 heavy (non-hydrogen) atoms. The molecule has 1 fully saturated rings. The summed E-state index contributed by atoms with van der Waals surface area (Å²) in [6, 6.07) is 11.4. The molecule has 0 aromatic heterocycles. The average molecular weight is 397 g/mol. The molecule has 1 amide bonds. The molecule has 3 rings (SSSR count). The first-order valence-electron chi connectivity index (χ1n) is 9.54. The number of ether oxygens (including phenoxy) is 4. The van der Waals surface area contributed by atoms with Crippen molar-refractivity contribution in [3.8, 4) is 23.0 Å². The highest BCUT2D eigenvalue weighted by Gasteiger charge is 2.29. The van der Waals surface area contributed by atoms with Gasteiger partial charge in [0.25, 0.3) is 0 Å². The van der Waals surface area contributed by atoms with Crippen LogP contribution in [0.15, 0.2) is 42.5 Å². The Morgan fingerprint density at radius 1 is 0.931 bits per heavy atom. The smallest absolute Gasteiger partial charge is 0.247 e. The van der Waals surface area contributed by atoms with E-state index in [9.17, 15) is 4.79 Å². The Bertz CT molecular complexity index is 893. The third-order valence-electron chi connectivity index (χ3n) is 5.17. The van der Waals surface area contributed by atoms with Crippen molar-refractivity contribution >= 4 is 12.0 Å². The monoisotopic (exact) mass is 397 g/mol. The lowest BCUT2D eigenvalue weighted by molar-refractivity contribution is -0.126. The number of methoxy groups -OCH3 is 4. The van der Waals surface area contributed by atoms with E-state index in [4.69, 9.17) is 18.9 Å². The molecular formula is C23H27NO5. The van der Waals surface area contributed by atoms with Crippen LogP contribution in [0, 0.1) is 0 Å². The molecule has 154 valence electrons. The second-order valence-corrected chi connectivity index (χ2v) is 6.75. The van der Waals surface area contributed by atoms with Crippen LogP contribution in [-0.4, -0.2) is 45.8 Å². The maximum absolute atomic E-state index is 12.9. The topological polar surface area (TPSA) is 57.2 Å². The van der Waals surface area contributed by atoms with Crippen LogP contribution in [0.25, 0.3) is 6.08 Å². The van der Waals surface area contributed by atoms with Crippen molar-refractivity contribution in [1.29, 1.82) is 0 Å². The van der Waals surface area contributed by atoms with Crippen LogP contribution < -0.4 is 18.9 Å². The number of amides is 1. The molecule has 2 aromatic carbocycles. The van der Waals surface area contributed by atoms with Crippen LogP contribution in [0.4, 0.5) is 0 Å². The van der Waals surface area contributed by atoms with Gasteiger partial charge in [0.15, 0.2) is 11.5 Å². The largest absolute Gasteiger partial charge is 0.497 e. The Balaban J connectivity index is 1.79. The Morgan fingerprint density at radius 3 is 2.38 bits per heavy atom. The van der Waals surface area contributed by atoms with Gasteiger partial charge in [-0.3, -0.25) is 4.79 Å². The lowest BCUT2D eigenvalue weighted by Crippen LogP contribution is -2.28. The third kappa shape index (κ3) is 4.47. The second kappa shape index (κ2) is 9.37. The zero-order chi connectivity index (χ0) is 20.8. The van der Waals surface area contributed by atoms with Gasteiger partial charge < -0.3 is 23.8 Å². The maximum atomic E-state index is 12.9. The number of hydrogen-bond acceptors (Lipinski definition) is 5. The molecule has 6 nitrogen and oxygen atoms in total. The van der Waals surface area contributed by atoms with Crippen molar-refractivity contribution in [2.75, 3.05) is 35.0 Å². The fourth-order valence-electron chi connectivity index (χ4n) is 3.65. The lowest BCUT2D eigenvalue weighted by atomic mass is 10.0. The summed E-state index contributed by atoms with van der Waals surface area (Å²) in [7, 11) is 6.43. The van der Waals surface area contributed by atoms with E-state index in [1.165, 1.54) is 0 Å². The SMILES string of the molecule is COc1ccc(/C=C/C(=O)N2CCC[C@@H]2c2ccc(OC)c(OC)c2)c(OC)c1. The van der Waals surface area contributed by atoms with Crippen LogP contribution in [-0.2, 0) is 4.79 Å². The fourth-order valence-corrected chi connectivity index (χ4v) is 3.65. The summed E-state index contributed by atoms with van der Waals surface area (Å²) >= 11 is 0. The summed E-state index contributed by atoms with van der Waals surface area (Å²) in [5.74, 6) is 2.69. The van der Waals surface area contributed by atoms with Crippen LogP contribution in [0.5, 0.6) is 23.0 Å². The molecule has 0 bridgehead atoms. The first-order valence-corrected chi connectivity index (χ1v) is 9.54. The number of carbonyl (C=O) groups is 1. The van der Waals surface area contributed by atoms with Gasteiger partial charge in [-0.1, -0.05) is 6.07 Å². The van der Waals surface area contributed by atoms with Gasteiger partial charge in [0, 0.05) is 24.3 Å². The Labute approximate surface area is 171 Å². The summed E-state index contributed by atoms with van der Waals surface area (Å²) in [6.07, 6.45) is 5.26. The molecule has 1 heterocycles. The van der Waals surface area contributed by atoms with E-state index in [0.717, 1.165) is 30.5 Å². The predicted octanol–water partition coefficient (Wildman–Crippen LogP) is 4.10. The van der Waals surface area contributed by atoms with E-state index in [0.29, 0.717) is 23.0 Å². The van der Waals surface area contributed by atoms with E-state index in [1.807, 2.05) is 35.2 Å². The minimum Gasteiger partial charge on any atom is -0.497 e. The van der Waals surface area contributed by atoms with Gasteiger partial charge in [0.2, 0.25) is 5.91 Å². The third-order valence-corrected chi connectivity index (χ3v) is 5.17. The summed E-state index contributed by atoms with van der Waals surface area (Å²) in [5, 5.41) is 0. The van der Waals surface area contributed by atoms with Gasteiger partial charge in [0.05, 0.1) is 34.5 Å². The molecule has 0 spiro atoms. The number of benzene rings is 2. The summed E-state index contributed by atoms with van der Waals surface area (Å²) in [6.45, 7) is 0.724. The highest BCUT2D eigenvalue weighted by molar-refractivity contribution is 5.92. The first kappa shape index (κ1) is 20.6. The summed E-state index contributed by atoms with van der Waals surface area (Å²) < 4.78 is 21.4.